The number of carboxylic acids is 1. The molecule has 0 bridgehead atoms. The van der Waals surface area contributed by atoms with Crippen molar-refractivity contribution in [2.24, 2.45) is 0 Å². The van der Waals surface area contributed by atoms with E-state index in [9.17, 15) is 19.5 Å². The number of aromatic carboxylic acids is 1. The maximum Gasteiger partial charge on any atom is 0.336 e. The molecule has 0 spiro atoms. The van der Waals surface area contributed by atoms with Gasteiger partial charge < -0.3 is 5.11 Å². The number of carboxylic acid groups (broad SMARTS) is 1. The van der Waals surface area contributed by atoms with Crippen LogP contribution >= 0.6 is 0 Å². The number of nitrogens with one attached hydrogen (secondary N) is 2. The molecule has 114 valence electrons. The number of nitrogens with zero attached hydrogens (tertiary/aromatic N) is 1. The molecule has 2 rings (SSSR count). The lowest BCUT2D eigenvalue weighted by atomic mass is 9.90. The number of benzene rings is 1. The summed E-state index contributed by atoms with van der Waals surface area (Å²) >= 11 is 0. The number of piperidine rings is 1. The Morgan fingerprint density at radius 2 is 2.23 bits per heavy atom. The second kappa shape index (κ2) is 5.95. The number of rotatable bonds is 4. The van der Waals surface area contributed by atoms with Crippen LogP contribution in [0.3, 0.4) is 0 Å². The van der Waals surface area contributed by atoms with E-state index in [2.05, 4.69) is 10.6 Å². The van der Waals surface area contributed by atoms with Crippen molar-refractivity contribution in [2.75, 3.05) is 0 Å². The second-order valence-electron chi connectivity index (χ2n) is 5.35. The van der Waals surface area contributed by atoms with Gasteiger partial charge >= 0.3 is 5.97 Å². The summed E-state index contributed by atoms with van der Waals surface area (Å²) in [5, 5.41) is 23.3. The molecule has 3 N–H and O–H groups in total. The minimum atomic E-state index is -1.10. The van der Waals surface area contributed by atoms with Gasteiger partial charge in [-0.1, -0.05) is 0 Å². The van der Waals surface area contributed by atoms with Crippen LogP contribution in [-0.4, -0.2) is 28.4 Å². The molecule has 1 unspecified atom stereocenters. The van der Waals surface area contributed by atoms with Crippen LogP contribution in [0.15, 0.2) is 18.2 Å². The first-order valence-corrected chi connectivity index (χ1v) is 6.71. The van der Waals surface area contributed by atoms with Gasteiger partial charge in [-0.05, 0) is 37.1 Å². The summed E-state index contributed by atoms with van der Waals surface area (Å²) in [7, 11) is 0. The second-order valence-corrected chi connectivity index (χ2v) is 5.35. The van der Waals surface area contributed by atoms with Crippen LogP contribution in [0.2, 0.25) is 0 Å². The van der Waals surface area contributed by atoms with Gasteiger partial charge in [0.2, 0.25) is 11.8 Å². The highest BCUT2D eigenvalue weighted by atomic mass is 16.4. The number of carbonyl (C=O) groups is 3. The first kappa shape index (κ1) is 15.7. The summed E-state index contributed by atoms with van der Waals surface area (Å²) in [6.07, 6.45) is 0.553. The maximum absolute atomic E-state index is 11.9. The van der Waals surface area contributed by atoms with Crippen LogP contribution in [0, 0.1) is 11.3 Å². The lowest BCUT2D eigenvalue weighted by Crippen LogP contribution is -2.59. The number of hydrogen-bond acceptors (Lipinski definition) is 5. The average molecular weight is 301 g/mol. The van der Waals surface area contributed by atoms with E-state index in [1.807, 2.05) is 6.07 Å². The lowest BCUT2D eigenvalue weighted by Gasteiger charge is -2.32. The molecule has 1 fully saturated rings. The molecule has 7 heteroatoms. The minimum Gasteiger partial charge on any atom is -0.478 e. The topological polar surface area (TPSA) is 119 Å². The normalized spacial score (nSPS) is 21.1. The summed E-state index contributed by atoms with van der Waals surface area (Å²) in [5.74, 6) is -1.85. The van der Waals surface area contributed by atoms with E-state index in [1.165, 1.54) is 18.2 Å². The van der Waals surface area contributed by atoms with E-state index in [1.54, 1.807) is 6.92 Å². The largest absolute Gasteiger partial charge is 0.478 e. The Morgan fingerprint density at radius 3 is 2.82 bits per heavy atom. The molecule has 1 aliphatic rings. The van der Waals surface area contributed by atoms with Crippen molar-refractivity contribution in [2.45, 2.75) is 31.8 Å². The molecule has 1 aromatic rings. The highest BCUT2D eigenvalue weighted by Gasteiger charge is 2.38. The molecule has 7 nitrogen and oxygen atoms in total. The molecule has 2 amide bonds. The van der Waals surface area contributed by atoms with Crippen LogP contribution in [0.1, 0.15) is 41.3 Å². The summed E-state index contributed by atoms with van der Waals surface area (Å²) < 4.78 is 0. The van der Waals surface area contributed by atoms with Crippen molar-refractivity contribution in [1.82, 2.24) is 10.6 Å². The van der Waals surface area contributed by atoms with Gasteiger partial charge in [-0.25, -0.2) is 4.79 Å². The molecule has 1 aromatic carbocycles. The third-order valence-corrected chi connectivity index (χ3v) is 3.74. The smallest absolute Gasteiger partial charge is 0.336 e. The highest BCUT2D eigenvalue weighted by molar-refractivity contribution is 6.02. The van der Waals surface area contributed by atoms with Gasteiger partial charge in [-0.15, -0.1) is 0 Å². The zero-order chi connectivity index (χ0) is 16.3. The molecule has 1 saturated heterocycles. The van der Waals surface area contributed by atoms with Crippen molar-refractivity contribution in [1.29, 1.82) is 5.26 Å². The number of nitriles is 1. The van der Waals surface area contributed by atoms with E-state index in [-0.39, 0.29) is 24.4 Å². The van der Waals surface area contributed by atoms with E-state index in [0.717, 1.165) is 0 Å². The third kappa shape index (κ3) is 3.13. The first-order chi connectivity index (χ1) is 10.4. The molecule has 0 saturated carbocycles. The van der Waals surface area contributed by atoms with Gasteiger partial charge in [0.25, 0.3) is 0 Å². The Morgan fingerprint density at radius 1 is 1.50 bits per heavy atom. The lowest BCUT2D eigenvalue weighted by molar-refractivity contribution is -0.138. The van der Waals surface area contributed by atoms with E-state index < -0.39 is 17.4 Å². The van der Waals surface area contributed by atoms with Crippen molar-refractivity contribution < 1.29 is 19.5 Å². The molecule has 0 radical (unpaired) electrons. The van der Waals surface area contributed by atoms with Crippen LogP contribution in [0.4, 0.5) is 0 Å². The number of carbonyl (C=O) groups excluding carboxylic acids is 2. The van der Waals surface area contributed by atoms with E-state index in [0.29, 0.717) is 17.5 Å². The summed E-state index contributed by atoms with van der Waals surface area (Å²) in [6, 6.07) is 6.23. The van der Waals surface area contributed by atoms with Gasteiger partial charge in [0.15, 0.2) is 0 Å². The van der Waals surface area contributed by atoms with Gasteiger partial charge in [0, 0.05) is 13.0 Å². The fraction of sp³-hybridized carbons (Fsp3) is 0.333. The van der Waals surface area contributed by atoms with Gasteiger partial charge in [0.05, 0.1) is 22.7 Å². The first-order valence-electron chi connectivity index (χ1n) is 6.71. The van der Waals surface area contributed by atoms with E-state index in [4.69, 9.17) is 5.26 Å². The predicted molar refractivity (Wildman–Crippen MR) is 75.7 cm³/mol. The summed E-state index contributed by atoms with van der Waals surface area (Å²) in [5.41, 5.74) is -0.123. The fourth-order valence-electron chi connectivity index (χ4n) is 2.28. The van der Waals surface area contributed by atoms with Crippen LogP contribution < -0.4 is 10.6 Å². The Labute approximate surface area is 126 Å². The third-order valence-electron chi connectivity index (χ3n) is 3.74. The highest BCUT2D eigenvalue weighted by Crippen LogP contribution is 2.19. The molecule has 22 heavy (non-hydrogen) atoms. The quantitative estimate of drug-likeness (QED) is 0.698. The Balaban J connectivity index is 2.20. The molecule has 0 aliphatic carbocycles. The number of hydrogen-bond donors (Lipinski definition) is 3. The summed E-state index contributed by atoms with van der Waals surface area (Å²) in [6.45, 7) is 1.76. The summed E-state index contributed by atoms with van der Waals surface area (Å²) in [4.78, 5) is 34.3. The monoisotopic (exact) mass is 301 g/mol. The van der Waals surface area contributed by atoms with Crippen molar-refractivity contribution in [3.63, 3.8) is 0 Å². The number of amides is 2. The van der Waals surface area contributed by atoms with Crippen molar-refractivity contribution in [3.05, 3.63) is 34.9 Å². The fourth-order valence-corrected chi connectivity index (χ4v) is 2.28. The van der Waals surface area contributed by atoms with Gasteiger partial charge in [-0.3, -0.25) is 20.2 Å². The predicted octanol–water partition coefficient (Wildman–Crippen LogP) is 0.541. The molecule has 1 atom stereocenters. The van der Waals surface area contributed by atoms with Gasteiger partial charge in [-0.2, -0.15) is 5.26 Å². The molecule has 0 aromatic heterocycles. The SMILES string of the molecule is CC1(NCc2cc(C#N)ccc2C(=O)O)CCC(=O)NC1=O. The van der Waals surface area contributed by atoms with Crippen molar-refractivity contribution in [3.8, 4) is 6.07 Å². The Hall–Kier alpha value is -2.72. The molecule has 1 aliphatic heterocycles. The zero-order valence-corrected chi connectivity index (χ0v) is 12.0. The average Bonchev–Trinajstić information content (AvgIpc) is 2.49. The Kier molecular flexibility index (Phi) is 4.24. The van der Waals surface area contributed by atoms with Crippen LogP contribution in [0.25, 0.3) is 0 Å². The van der Waals surface area contributed by atoms with Crippen LogP contribution in [0.5, 0.6) is 0 Å². The maximum atomic E-state index is 11.9. The Bertz CT molecular complexity index is 693. The molecular formula is C15H15N3O4. The zero-order valence-electron chi connectivity index (χ0n) is 12.0. The van der Waals surface area contributed by atoms with E-state index >= 15 is 0 Å². The minimum absolute atomic E-state index is 0.0717. The molecule has 1 heterocycles. The van der Waals surface area contributed by atoms with Crippen LogP contribution in [-0.2, 0) is 16.1 Å². The molecular weight excluding hydrogens is 286 g/mol. The number of imide groups is 1. The van der Waals surface area contributed by atoms with Gasteiger partial charge in [0.1, 0.15) is 0 Å². The van der Waals surface area contributed by atoms with Crippen molar-refractivity contribution >= 4 is 17.8 Å². The standard InChI is InChI=1S/C15H15N3O4/c1-15(5-4-12(19)18-14(15)22)17-8-10-6-9(7-16)2-3-11(10)13(20)21/h2-3,6,17H,4-5,8H2,1H3,(H,20,21)(H,18,19,22).